The molecule has 0 saturated carbocycles. The van der Waals surface area contributed by atoms with Gasteiger partial charge in [0.2, 0.25) is 0 Å². The number of carbonyl (C=O) groups is 1. The standard InChI is InChI=1S/C12H16O5/c1-17-11-3-2-8(7-14)6-9(11)12(16)10(15)4-5-13/h2-3,6-7,10,12-13,15-16H,4-5H2,1H3. The fourth-order valence-corrected chi connectivity index (χ4v) is 1.55. The molecular formula is C12H16O5. The Hall–Kier alpha value is -1.43. The molecule has 94 valence electrons. The lowest BCUT2D eigenvalue weighted by molar-refractivity contribution is 0.00301. The van der Waals surface area contributed by atoms with Crippen LogP contribution >= 0.6 is 0 Å². The number of aliphatic hydroxyl groups is 3. The summed E-state index contributed by atoms with van der Waals surface area (Å²) in [6, 6.07) is 4.56. The molecular weight excluding hydrogens is 224 g/mol. The molecule has 1 aromatic rings. The molecule has 0 aliphatic rings. The smallest absolute Gasteiger partial charge is 0.150 e. The Morgan fingerprint density at radius 1 is 1.41 bits per heavy atom. The average molecular weight is 240 g/mol. The molecule has 0 aromatic heterocycles. The van der Waals surface area contributed by atoms with Crippen molar-refractivity contribution < 1.29 is 24.9 Å². The van der Waals surface area contributed by atoms with Crippen molar-refractivity contribution in [2.45, 2.75) is 18.6 Å². The molecule has 2 unspecified atom stereocenters. The summed E-state index contributed by atoms with van der Waals surface area (Å²) in [7, 11) is 1.44. The molecule has 5 nitrogen and oxygen atoms in total. The SMILES string of the molecule is COc1ccc(C=O)cc1C(O)C(O)CCO. The van der Waals surface area contributed by atoms with Crippen LogP contribution < -0.4 is 4.74 Å². The van der Waals surface area contributed by atoms with Gasteiger partial charge in [0.1, 0.15) is 18.1 Å². The van der Waals surface area contributed by atoms with Gasteiger partial charge in [-0.3, -0.25) is 4.79 Å². The van der Waals surface area contributed by atoms with Gasteiger partial charge in [-0.25, -0.2) is 0 Å². The number of aliphatic hydroxyl groups excluding tert-OH is 3. The lowest BCUT2D eigenvalue weighted by atomic mass is 9.99. The van der Waals surface area contributed by atoms with Crippen LogP contribution in [0.5, 0.6) is 5.75 Å². The third-order valence-corrected chi connectivity index (χ3v) is 2.50. The van der Waals surface area contributed by atoms with E-state index in [1.165, 1.54) is 13.2 Å². The first-order chi connectivity index (χ1) is 8.13. The first kappa shape index (κ1) is 13.6. The fourth-order valence-electron chi connectivity index (χ4n) is 1.55. The third kappa shape index (κ3) is 3.26. The minimum absolute atomic E-state index is 0.0512. The number of ether oxygens (including phenoxy) is 1. The molecule has 0 radical (unpaired) electrons. The molecule has 17 heavy (non-hydrogen) atoms. The maximum Gasteiger partial charge on any atom is 0.150 e. The maximum absolute atomic E-state index is 10.7. The van der Waals surface area contributed by atoms with E-state index in [0.717, 1.165) is 0 Å². The molecule has 5 heteroatoms. The molecule has 0 bridgehead atoms. The minimum Gasteiger partial charge on any atom is -0.496 e. The van der Waals surface area contributed by atoms with E-state index in [-0.39, 0.29) is 13.0 Å². The summed E-state index contributed by atoms with van der Waals surface area (Å²) in [5.41, 5.74) is 0.717. The Morgan fingerprint density at radius 2 is 2.12 bits per heavy atom. The largest absolute Gasteiger partial charge is 0.496 e. The van der Waals surface area contributed by atoms with Crippen molar-refractivity contribution in [2.75, 3.05) is 13.7 Å². The van der Waals surface area contributed by atoms with Gasteiger partial charge in [-0.15, -0.1) is 0 Å². The number of rotatable bonds is 6. The van der Waals surface area contributed by atoms with Gasteiger partial charge >= 0.3 is 0 Å². The van der Waals surface area contributed by atoms with Crippen LogP contribution in [0.1, 0.15) is 28.4 Å². The Labute approximate surface area is 99.3 Å². The van der Waals surface area contributed by atoms with Crippen molar-refractivity contribution in [2.24, 2.45) is 0 Å². The summed E-state index contributed by atoms with van der Waals surface area (Å²) in [5, 5.41) is 28.2. The van der Waals surface area contributed by atoms with Crippen LogP contribution in [0.3, 0.4) is 0 Å². The molecule has 0 aliphatic carbocycles. The van der Waals surface area contributed by atoms with E-state index in [9.17, 15) is 15.0 Å². The van der Waals surface area contributed by atoms with Crippen LogP contribution in [0.15, 0.2) is 18.2 Å². The van der Waals surface area contributed by atoms with Crippen LogP contribution in [0.2, 0.25) is 0 Å². The number of hydrogen-bond acceptors (Lipinski definition) is 5. The van der Waals surface area contributed by atoms with Gasteiger partial charge < -0.3 is 20.1 Å². The topological polar surface area (TPSA) is 87.0 Å². The molecule has 0 saturated heterocycles. The second-order valence-corrected chi connectivity index (χ2v) is 3.64. The van der Waals surface area contributed by atoms with Crippen LogP contribution in [-0.4, -0.2) is 41.4 Å². The van der Waals surface area contributed by atoms with Gasteiger partial charge in [0, 0.05) is 17.7 Å². The summed E-state index contributed by atoms with van der Waals surface area (Å²) in [6.07, 6.45) is -1.60. The van der Waals surface area contributed by atoms with Crippen molar-refractivity contribution in [1.82, 2.24) is 0 Å². The molecule has 0 fully saturated rings. The molecule has 2 atom stereocenters. The normalized spacial score (nSPS) is 14.1. The molecule has 0 heterocycles. The van der Waals surface area contributed by atoms with Crippen LogP contribution in [0, 0.1) is 0 Å². The van der Waals surface area contributed by atoms with Crippen molar-refractivity contribution >= 4 is 6.29 Å². The molecule has 0 amide bonds. The third-order valence-electron chi connectivity index (χ3n) is 2.50. The zero-order valence-corrected chi connectivity index (χ0v) is 9.54. The van der Waals surface area contributed by atoms with Gasteiger partial charge in [0.25, 0.3) is 0 Å². The molecule has 1 aromatic carbocycles. The van der Waals surface area contributed by atoms with Gasteiger partial charge in [0.15, 0.2) is 0 Å². The van der Waals surface area contributed by atoms with E-state index >= 15 is 0 Å². The van der Waals surface area contributed by atoms with Gasteiger partial charge in [0.05, 0.1) is 13.2 Å². The van der Waals surface area contributed by atoms with Crippen molar-refractivity contribution in [3.63, 3.8) is 0 Å². The van der Waals surface area contributed by atoms with E-state index in [1.807, 2.05) is 0 Å². The molecule has 0 spiro atoms. The number of aldehydes is 1. The summed E-state index contributed by atoms with van der Waals surface area (Å²) in [4.78, 5) is 10.7. The summed E-state index contributed by atoms with van der Waals surface area (Å²) in [6.45, 7) is -0.228. The van der Waals surface area contributed by atoms with Gasteiger partial charge in [-0.2, -0.15) is 0 Å². The van der Waals surface area contributed by atoms with E-state index < -0.39 is 12.2 Å². The maximum atomic E-state index is 10.7. The molecule has 3 N–H and O–H groups in total. The summed E-state index contributed by atoms with van der Waals surface area (Å²) >= 11 is 0. The monoisotopic (exact) mass is 240 g/mol. The zero-order chi connectivity index (χ0) is 12.8. The predicted octanol–water partition coefficient (Wildman–Crippen LogP) is 0.284. The van der Waals surface area contributed by atoms with Crippen molar-refractivity contribution in [1.29, 1.82) is 0 Å². The van der Waals surface area contributed by atoms with Crippen molar-refractivity contribution in [3.05, 3.63) is 29.3 Å². The molecule has 1 rings (SSSR count). The highest BCUT2D eigenvalue weighted by atomic mass is 16.5. The first-order valence-corrected chi connectivity index (χ1v) is 5.24. The zero-order valence-electron chi connectivity index (χ0n) is 9.54. The van der Waals surface area contributed by atoms with E-state index in [1.54, 1.807) is 12.1 Å². The summed E-state index contributed by atoms with van der Waals surface area (Å²) < 4.78 is 5.04. The minimum atomic E-state index is -1.20. The highest BCUT2D eigenvalue weighted by Gasteiger charge is 2.21. The Balaban J connectivity index is 3.04. The van der Waals surface area contributed by atoms with Gasteiger partial charge in [-0.05, 0) is 24.6 Å². The first-order valence-electron chi connectivity index (χ1n) is 5.24. The Morgan fingerprint density at radius 3 is 2.65 bits per heavy atom. The fraction of sp³-hybridized carbons (Fsp3) is 0.417. The highest BCUT2D eigenvalue weighted by Crippen LogP contribution is 2.28. The Bertz CT molecular complexity index is 377. The lowest BCUT2D eigenvalue weighted by Gasteiger charge is -2.19. The van der Waals surface area contributed by atoms with E-state index in [4.69, 9.17) is 9.84 Å². The quantitative estimate of drug-likeness (QED) is 0.622. The van der Waals surface area contributed by atoms with E-state index in [0.29, 0.717) is 23.2 Å². The second-order valence-electron chi connectivity index (χ2n) is 3.64. The lowest BCUT2D eigenvalue weighted by Crippen LogP contribution is -2.20. The predicted molar refractivity (Wildman–Crippen MR) is 61.1 cm³/mol. The van der Waals surface area contributed by atoms with Crippen LogP contribution in [0.4, 0.5) is 0 Å². The van der Waals surface area contributed by atoms with E-state index in [2.05, 4.69) is 0 Å². The number of methoxy groups -OCH3 is 1. The average Bonchev–Trinajstić information content (AvgIpc) is 2.37. The highest BCUT2D eigenvalue weighted by molar-refractivity contribution is 5.75. The van der Waals surface area contributed by atoms with Crippen LogP contribution in [0.25, 0.3) is 0 Å². The number of hydrogen-bond donors (Lipinski definition) is 3. The summed E-state index contributed by atoms with van der Waals surface area (Å²) in [5.74, 6) is 0.389. The second kappa shape index (κ2) is 6.34. The Kier molecular flexibility index (Phi) is 5.09. The molecule has 0 aliphatic heterocycles. The van der Waals surface area contributed by atoms with Gasteiger partial charge in [-0.1, -0.05) is 0 Å². The number of benzene rings is 1. The number of carbonyl (C=O) groups excluding carboxylic acids is 1. The van der Waals surface area contributed by atoms with Crippen LogP contribution in [-0.2, 0) is 0 Å². The van der Waals surface area contributed by atoms with Crippen molar-refractivity contribution in [3.8, 4) is 5.75 Å².